The largest absolute Gasteiger partial charge is 0.373 e. The molecule has 1 fully saturated rings. The number of thiazole rings is 1. The summed E-state index contributed by atoms with van der Waals surface area (Å²) in [5.74, 6) is 1.64. The number of nitrogens with zero attached hydrogens (tertiary/aromatic N) is 4. The van der Waals surface area contributed by atoms with Crippen LogP contribution in [0.2, 0.25) is 0 Å². The zero-order chi connectivity index (χ0) is 23.3. The first-order chi connectivity index (χ1) is 15.3. The summed E-state index contributed by atoms with van der Waals surface area (Å²) < 4.78 is 16.8. The van der Waals surface area contributed by atoms with E-state index in [-0.39, 0.29) is 12.0 Å². The van der Waals surface area contributed by atoms with Gasteiger partial charge in [-0.05, 0) is 43.4 Å². The molecule has 1 saturated heterocycles. The normalized spacial score (nSPS) is 14.2. The van der Waals surface area contributed by atoms with Crippen molar-refractivity contribution in [3.63, 3.8) is 0 Å². The van der Waals surface area contributed by atoms with Crippen molar-refractivity contribution in [2.24, 2.45) is 5.92 Å². The molecular formula is C23H27FN4O2S2. The molecule has 1 aromatic carbocycles. The average Bonchev–Trinajstić information content (AvgIpc) is 3.32. The number of aryl methyl sites for hydroxylation is 1. The molecule has 0 spiro atoms. The Morgan fingerprint density at radius 1 is 1.25 bits per heavy atom. The summed E-state index contributed by atoms with van der Waals surface area (Å²) in [5, 5.41) is 6.05. The Balaban J connectivity index is 0.000000913. The number of rotatable bonds is 5. The number of halogens is 1. The Hall–Kier alpha value is -2.48. The predicted molar refractivity (Wildman–Crippen MR) is 126 cm³/mol. The minimum Gasteiger partial charge on any atom is -0.355 e. The van der Waals surface area contributed by atoms with Crippen LogP contribution in [0.3, 0.4) is 0 Å². The van der Waals surface area contributed by atoms with Crippen molar-refractivity contribution in [1.82, 2.24) is 14.8 Å². The second kappa shape index (κ2) is 10.9. The Bertz CT molecular complexity index is 1080. The smallest absolute Gasteiger partial charge is 0.355 e. The van der Waals surface area contributed by atoms with Gasteiger partial charge >= 0.3 is 6.15 Å². The topological polar surface area (TPSA) is 68.1 Å². The van der Waals surface area contributed by atoms with E-state index in [0.29, 0.717) is 5.25 Å². The first-order valence-corrected chi connectivity index (χ1v) is 12.3. The number of piperidine rings is 1. The monoisotopic (exact) mass is 474 g/mol. The second-order valence-electron chi connectivity index (χ2n) is 8.11. The second-order valence-corrected chi connectivity index (χ2v) is 10.9. The van der Waals surface area contributed by atoms with Gasteiger partial charge in [0, 0.05) is 30.1 Å². The number of thioether (sulfide) groups is 1. The van der Waals surface area contributed by atoms with Gasteiger partial charge in [-0.1, -0.05) is 44.2 Å². The van der Waals surface area contributed by atoms with E-state index in [1.54, 1.807) is 23.5 Å². The Morgan fingerprint density at radius 3 is 2.56 bits per heavy atom. The van der Waals surface area contributed by atoms with E-state index in [0.717, 1.165) is 46.8 Å². The SMILES string of the molecule is Cc1nn(-c2nc(N3CCC(C)CC3)c(SC(C)C)s2)cc1-c1cccc(F)c1.O=C=O. The highest BCUT2D eigenvalue weighted by Crippen LogP contribution is 2.40. The van der Waals surface area contributed by atoms with E-state index >= 15 is 0 Å². The fourth-order valence-corrected chi connectivity index (χ4v) is 6.05. The van der Waals surface area contributed by atoms with Crippen molar-refractivity contribution >= 4 is 35.1 Å². The zero-order valence-corrected chi connectivity index (χ0v) is 20.3. The summed E-state index contributed by atoms with van der Waals surface area (Å²) in [6, 6.07) is 6.67. The van der Waals surface area contributed by atoms with E-state index < -0.39 is 0 Å². The molecule has 32 heavy (non-hydrogen) atoms. The maximum Gasteiger partial charge on any atom is 0.373 e. The molecule has 0 atom stereocenters. The van der Waals surface area contributed by atoms with Gasteiger partial charge in [0.05, 0.1) is 5.69 Å². The van der Waals surface area contributed by atoms with Crippen LogP contribution in [0.15, 0.2) is 34.7 Å². The van der Waals surface area contributed by atoms with E-state index in [1.807, 2.05) is 35.6 Å². The van der Waals surface area contributed by atoms with Gasteiger partial charge in [0.25, 0.3) is 0 Å². The number of anilines is 1. The van der Waals surface area contributed by atoms with Crippen molar-refractivity contribution in [2.75, 3.05) is 18.0 Å². The lowest BCUT2D eigenvalue weighted by Gasteiger charge is -2.31. The molecule has 1 aliphatic rings. The molecule has 0 N–H and O–H groups in total. The average molecular weight is 475 g/mol. The maximum absolute atomic E-state index is 13.7. The molecule has 0 saturated carbocycles. The van der Waals surface area contributed by atoms with Crippen molar-refractivity contribution in [3.05, 3.63) is 42.0 Å². The molecule has 3 heterocycles. The van der Waals surface area contributed by atoms with Crippen LogP contribution >= 0.6 is 23.1 Å². The summed E-state index contributed by atoms with van der Waals surface area (Å²) in [4.78, 5) is 23.7. The number of benzene rings is 1. The highest BCUT2D eigenvalue weighted by Gasteiger charge is 2.24. The molecule has 0 amide bonds. The summed E-state index contributed by atoms with van der Waals surface area (Å²) in [6.07, 6.45) is 4.64. The van der Waals surface area contributed by atoms with Gasteiger partial charge in [-0.3, -0.25) is 0 Å². The molecule has 3 aromatic rings. The van der Waals surface area contributed by atoms with Crippen molar-refractivity contribution < 1.29 is 14.0 Å². The van der Waals surface area contributed by atoms with Gasteiger partial charge in [0.2, 0.25) is 5.13 Å². The number of hydrogen-bond acceptors (Lipinski definition) is 7. The molecule has 4 rings (SSSR count). The number of hydrogen-bond donors (Lipinski definition) is 0. The van der Waals surface area contributed by atoms with E-state index in [4.69, 9.17) is 19.7 Å². The summed E-state index contributed by atoms with van der Waals surface area (Å²) in [5.41, 5.74) is 2.65. The third-order valence-corrected chi connectivity index (χ3v) is 7.46. The highest BCUT2D eigenvalue weighted by molar-refractivity contribution is 8.01. The summed E-state index contributed by atoms with van der Waals surface area (Å²) in [6.45, 7) is 10.8. The molecule has 170 valence electrons. The first-order valence-electron chi connectivity index (χ1n) is 10.6. The Kier molecular flexibility index (Phi) is 8.23. The van der Waals surface area contributed by atoms with Crippen LogP contribution < -0.4 is 4.90 Å². The quantitative estimate of drug-likeness (QED) is 0.449. The first kappa shape index (κ1) is 24.2. The van der Waals surface area contributed by atoms with Gasteiger partial charge in [-0.15, -0.1) is 11.8 Å². The van der Waals surface area contributed by atoms with Gasteiger partial charge in [0.1, 0.15) is 10.0 Å². The van der Waals surface area contributed by atoms with Crippen LogP contribution in [0, 0.1) is 18.7 Å². The van der Waals surface area contributed by atoms with E-state index in [2.05, 4.69) is 25.7 Å². The van der Waals surface area contributed by atoms with Gasteiger partial charge in [-0.2, -0.15) is 19.7 Å². The van der Waals surface area contributed by atoms with E-state index in [9.17, 15) is 4.39 Å². The molecule has 1 aliphatic heterocycles. The third kappa shape index (κ3) is 5.85. The zero-order valence-electron chi connectivity index (χ0n) is 18.7. The van der Waals surface area contributed by atoms with Gasteiger partial charge in [0.15, 0.2) is 5.82 Å². The summed E-state index contributed by atoms with van der Waals surface area (Å²) in [7, 11) is 0. The fraction of sp³-hybridized carbons (Fsp3) is 0.435. The predicted octanol–water partition coefficient (Wildman–Crippen LogP) is 5.60. The molecule has 0 unspecified atom stereocenters. The minimum absolute atomic E-state index is 0.235. The van der Waals surface area contributed by atoms with Gasteiger partial charge in [-0.25, -0.2) is 9.07 Å². The van der Waals surface area contributed by atoms with Crippen LogP contribution in [-0.2, 0) is 9.59 Å². The van der Waals surface area contributed by atoms with Crippen LogP contribution in [0.5, 0.6) is 0 Å². The highest BCUT2D eigenvalue weighted by atomic mass is 32.2. The standard InChI is InChI=1S/C22H27FN4S2.CO2/c1-14(2)28-21-20(26-10-8-15(3)9-11-26)24-22(29-21)27-13-19(16(4)25-27)17-6-5-7-18(23)12-17;2-1-3/h5-7,12-15H,8-11H2,1-4H3;. The van der Waals surface area contributed by atoms with Crippen LogP contribution in [-0.4, -0.2) is 39.3 Å². The lowest BCUT2D eigenvalue weighted by atomic mass is 9.99. The van der Waals surface area contributed by atoms with Crippen LogP contribution in [0.4, 0.5) is 10.2 Å². The molecule has 0 aliphatic carbocycles. The van der Waals surface area contributed by atoms with Crippen molar-refractivity contribution in [2.45, 2.75) is 50.0 Å². The van der Waals surface area contributed by atoms with Crippen LogP contribution in [0.1, 0.15) is 39.3 Å². The molecule has 0 radical (unpaired) electrons. The minimum atomic E-state index is -0.235. The lowest BCUT2D eigenvalue weighted by Crippen LogP contribution is -2.33. The Morgan fingerprint density at radius 2 is 1.94 bits per heavy atom. The third-order valence-electron chi connectivity index (χ3n) is 5.22. The van der Waals surface area contributed by atoms with Crippen LogP contribution in [0.25, 0.3) is 16.3 Å². The molecule has 0 bridgehead atoms. The molecule has 9 heteroatoms. The molecular weight excluding hydrogens is 447 g/mol. The maximum atomic E-state index is 13.7. The Labute approximate surface area is 195 Å². The lowest BCUT2D eigenvalue weighted by molar-refractivity contribution is -0.191. The van der Waals surface area contributed by atoms with Crippen molar-refractivity contribution in [1.29, 1.82) is 0 Å². The van der Waals surface area contributed by atoms with Gasteiger partial charge < -0.3 is 4.90 Å². The molecule has 2 aromatic heterocycles. The fourth-order valence-electron chi connectivity index (χ4n) is 3.59. The van der Waals surface area contributed by atoms with E-state index in [1.165, 1.54) is 23.1 Å². The number of carbonyl (C=O) groups excluding carboxylic acids is 2. The number of aromatic nitrogens is 3. The van der Waals surface area contributed by atoms with Crippen molar-refractivity contribution in [3.8, 4) is 16.3 Å². The summed E-state index contributed by atoms with van der Waals surface area (Å²) >= 11 is 3.56. The molecule has 6 nitrogen and oxygen atoms in total.